The van der Waals surface area contributed by atoms with Crippen LogP contribution in [0.4, 0.5) is 0 Å². The van der Waals surface area contributed by atoms with Crippen LogP contribution in [-0.2, 0) is 11.3 Å². The van der Waals surface area contributed by atoms with E-state index in [0.717, 1.165) is 0 Å². The Kier molecular flexibility index (Phi) is 5.03. The van der Waals surface area contributed by atoms with Gasteiger partial charge in [0.2, 0.25) is 5.91 Å². The number of benzene rings is 1. The normalized spacial score (nSPS) is 11.4. The summed E-state index contributed by atoms with van der Waals surface area (Å²) in [5.41, 5.74) is -0.290. The molecule has 0 saturated carbocycles. The molecule has 1 heterocycles. The van der Waals surface area contributed by atoms with Crippen molar-refractivity contribution in [2.24, 2.45) is 5.92 Å². The van der Waals surface area contributed by atoms with E-state index in [1.165, 1.54) is 9.13 Å². The highest BCUT2D eigenvalue weighted by molar-refractivity contribution is 5.81. The Labute approximate surface area is 134 Å². The van der Waals surface area contributed by atoms with E-state index in [0.29, 0.717) is 23.4 Å². The molecule has 1 N–H and O–H groups in total. The average molecular weight is 317 g/mol. The van der Waals surface area contributed by atoms with E-state index in [2.05, 4.69) is 5.32 Å². The first-order chi connectivity index (χ1) is 10.8. The summed E-state index contributed by atoms with van der Waals surface area (Å²) in [7, 11) is 0. The molecule has 1 aromatic heterocycles. The Bertz CT molecular complexity index is 831. The average Bonchev–Trinajstić information content (AvgIpc) is 2.49. The van der Waals surface area contributed by atoms with Gasteiger partial charge in [-0.2, -0.15) is 0 Å². The van der Waals surface area contributed by atoms with Crippen LogP contribution in [0.1, 0.15) is 33.7 Å². The van der Waals surface area contributed by atoms with Crippen LogP contribution in [0, 0.1) is 5.92 Å². The number of carbonyl (C=O) groups is 1. The van der Waals surface area contributed by atoms with Crippen molar-refractivity contribution in [3.8, 4) is 0 Å². The Morgan fingerprint density at radius 3 is 2.39 bits per heavy atom. The molecule has 0 aliphatic carbocycles. The lowest BCUT2D eigenvalue weighted by atomic mass is 10.2. The van der Waals surface area contributed by atoms with Crippen LogP contribution in [0.5, 0.6) is 0 Å². The van der Waals surface area contributed by atoms with Crippen molar-refractivity contribution in [1.82, 2.24) is 14.5 Å². The molecule has 0 spiro atoms. The van der Waals surface area contributed by atoms with Crippen LogP contribution < -0.4 is 16.6 Å². The molecule has 0 fully saturated rings. The van der Waals surface area contributed by atoms with E-state index in [1.807, 2.05) is 13.8 Å². The van der Waals surface area contributed by atoms with Crippen LogP contribution in [0.3, 0.4) is 0 Å². The van der Waals surface area contributed by atoms with Gasteiger partial charge in [-0.1, -0.05) is 26.0 Å². The Hall–Kier alpha value is -2.37. The molecule has 0 atom stereocenters. The van der Waals surface area contributed by atoms with Gasteiger partial charge in [-0.25, -0.2) is 4.79 Å². The minimum atomic E-state index is -0.455. The maximum atomic E-state index is 12.7. The molecule has 0 unspecified atom stereocenters. The van der Waals surface area contributed by atoms with Gasteiger partial charge in [0, 0.05) is 12.6 Å². The summed E-state index contributed by atoms with van der Waals surface area (Å²) in [5.74, 6) is 0.0944. The Balaban J connectivity index is 2.56. The number of aromatic nitrogens is 2. The van der Waals surface area contributed by atoms with E-state index in [1.54, 1.807) is 38.1 Å². The number of amides is 1. The zero-order valence-corrected chi connectivity index (χ0v) is 14.0. The number of hydrogen-bond donors (Lipinski definition) is 1. The van der Waals surface area contributed by atoms with Crippen molar-refractivity contribution < 1.29 is 4.79 Å². The molecule has 6 heteroatoms. The summed E-state index contributed by atoms with van der Waals surface area (Å²) >= 11 is 0. The van der Waals surface area contributed by atoms with Crippen LogP contribution >= 0.6 is 0 Å². The second-order valence-electron chi connectivity index (χ2n) is 6.35. The predicted molar refractivity (Wildman–Crippen MR) is 90.7 cm³/mol. The lowest BCUT2D eigenvalue weighted by molar-refractivity contribution is -0.121. The highest BCUT2D eigenvalue weighted by Crippen LogP contribution is 2.09. The zero-order chi connectivity index (χ0) is 17.1. The van der Waals surface area contributed by atoms with E-state index >= 15 is 0 Å². The summed E-state index contributed by atoms with van der Waals surface area (Å²) in [6.07, 6.45) is 0. The number of carbonyl (C=O) groups excluding carboxylic acids is 1. The fraction of sp³-hybridized carbons (Fsp3) is 0.471. The smallest absolute Gasteiger partial charge is 0.332 e. The van der Waals surface area contributed by atoms with Crippen molar-refractivity contribution in [2.45, 2.75) is 40.3 Å². The summed E-state index contributed by atoms with van der Waals surface area (Å²) in [5, 5.41) is 3.24. The first-order valence-electron chi connectivity index (χ1n) is 7.83. The fourth-order valence-corrected chi connectivity index (χ4v) is 2.47. The van der Waals surface area contributed by atoms with Crippen molar-refractivity contribution in [2.75, 3.05) is 6.54 Å². The second kappa shape index (κ2) is 6.81. The third-order valence-corrected chi connectivity index (χ3v) is 3.61. The first-order valence-corrected chi connectivity index (χ1v) is 7.83. The lowest BCUT2D eigenvalue weighted by Gasteiger charge is -2.16. The number of para-hydroxylation sites is 1. The molecule has 6 nitrogen and oxygen atoms in total. The van der Waals surface area contributed by atoms with Gasteiger partial charge in [-0.05, 0) is 31.9 Å². The summed E-state index contributed by atoms with van der Waals surface area (Å²) in [6, 6.07) is 6.60. The minimum absolute atomic E-state index is 0.0981. The Morgan fingerprint density at radius 2 is 1.78 bits per heavy atom. The van der Waals surface area contributed by atoms with Crippen LogP contribution in [0.25, 0.3) is 10.9 Å². The van der Waals surface area contributed by atoms with Gasteiger partial charge in [0.25, 0.3) is 5.56 Å². The highest BCUT2D eigenvalue weighted by Gasteiger charge is 2.16. The van der Waals surface area contributed by atoms with Gasteiger partial charge < -0.3 is 5.32 Å². The maximum Gasteiger partial charge on any atom is 0.332 e. The summed E-state index contributed by atoms with van der Waals surface area (Å²) < 4.78 is 2.56. The van der Waals surface area contributed by atoms with Gasteiger partial charge in [0.15, 0.2) is 0 Å². The van der Waals surface area contributed by atoms with Crippen molar-refractivity contribution in [1.29, 1.82) is 0 Å². The highest BCUT2D eigenvalue weighted by atomic mass is 16.2. The molecule has 0 saturated heterocycles. The molecular formula is C17H23N3O3. The number of nitrogens with one attached hydrogen (secondary N) is 1. The molecule has 0 bridgehead atoms. The van der Waals surface area contributed by atoms with E-state index < -0.39 is 5.69 Å². The molecule has 23 heavy (non-hydrogen) atoms. The molecule has 0 radical (unpaired) electrons. The summed E-state index contributed by atoms with van der Waals surface area (Å²) in [6.45, 7) is 8.01. The number of hydrogen-bond acceptors (Lipinski definition) is 3. The zero-order valence-electron chi connectivity index (χ0n) is 14.0. The van der Waals surface area contributed by atoms with E-state index in [-0.39, 0.29) is 24.1 Å². The molecule has 0 aliphatic heterocycles. The predicted octanol–water partition coefficient (Wildman–Crippen LogP) is 1.52. The van der Waals surface area contributed by atoms with E-state index in [4.69, 9.17) is 0 Å². The Morgan fingerprint density at radius 1 is 1.13 bits per heavy atom. The van der Waals surface area contributed by atoms with Gasteiger partial charge in [-0.3, -0.25) is 18.7 Å². The third kappa shape index (κ3) is 3.52. The largest absolute Gasteiger partial charge is 0.354 e. The molecule has 2 aromatic rings. The van der Waals surface area contributed by atoms with Crippen molar-refractivity contribution in [3.63, 3.8) is 0 Å². The number of nitrogens with zero attached hydrogens (tertiary/aromatic N) is 2. The van der Waals surface area contributed by atoms with Gasteiger partial charge in [-0.15, -0.1) is 0 Å². The molecule has 124 valence electrons. The topological polar surface area (TPSA) is 73.1 Å². The SMILES string of the molecule is CC(C)CNC(=O)Cn1c(=O)n(C(C)C)c(=O)c2ccccc21. The maximum absolute atomic E-state index is 12.7. The number of fused-ring (bicyclic) bond motifs is 1. The fourth-order valence-electron chi connectivity index (χ4n) is 2.47. The van der Waals surface area contributed by atoms with Gasteiger partial charge in [0.05, 0.1) is 10.9 Å². The standard InChI is InChI=1S/C17H23N3O3/c1-11(2)9-18-15(21)10-19-14-8-6-5-7-13(14)16(22)20(12(3)4)17(19)23/h5-8,11-12H,9-10H2,1-4H3,(H,18,21). The molecule has 1 aromatic carbocycles. The first kappa shape index (κ1) is 17.0. The third-order valence-electron chi connectivity index (χ3n) is 3.61. The second-order valence-corrected chi connectivity index (χ2v) is 6.35. The van der Waals surface area contributed by atoms with Crippen LogP contribution in [-0.4, -0.2) is 21.6 Å². The van der Waals surface area contributed by atoms with Crippen LogP contribution in [0.15, 0.2) is 33.9 Å². The van der Waals surface area contributed by atoms with Crippen LogP contribution in [0.2, 0.25) is 0 Å². The quantitative estimate of drug-likeness (QED) is 0.908. The lowest BCUT2D eigenvalue weighted by Crippen LogP contribution is -2.43. The monoisotopic (exact) mass is 317 g/mol. The van der Waals surface area contributed by atoms with Crippen molar-refractivity contribution in [3.05, 3.63) is 45.1 Å². The number of rotatable bonds is 5. The van der Waals surface area contributed by atoms with Gasteiger partial charge >= 0.3 is 5.69 Å². The minimum Gasteiger partial charge on any atom is -0.354 e. The molecule has 1 amide bonds. The van der Waals surface area contributed by atoms with Crippen molar-refractivity contribution >= 4 is 16.8 Å². The van der Waals surface area contributed by atoms with E-state index in [9.17, 15) is 14.4 Å². The van der Waals surface area contributed by atoms with Gasteiger partial charge in [0.1, 0.15) is 6.54 Å². The molecular weight excluding hydrogens is 294 g/mol. The summed E-state index contributed by atoms with van der Waals surface area (Å²) in [4.78, 5) is 37.3. The molecule has 0 aliphatic rings. The molecule has 2 rings (SSSR count).